The van der Waals surface area contributed by atoms with Crippen molar-refractivity contribution in [3.8, 4) is 0 Å². The molecule has 0 bridgehead atoms. The molecule has 0 radical (unpaired) electrons. The van der Waals surface area contributed by atoms with Gasteiger partial charge >= 0.3 is 0 Å². The minimum absolute atomic E-state index is 0.0181. The first kappa shape index (κ1) is 18.4. The third-order valence-electron chi connectivity index (χ3n) is 4.38. The molecule has 140 valence electrons. The van der Waals surface area contributed by atoms with Crippen molar-refractivity contribution < 1.29 is 17.9 Å². The largest absolute Gasteiger partial charge is 0.339 e. The van der Waals surface area contributed by atoms with Crippen LogP contribution in [0.4, 0.5) is 5.69 Å². The molecule has 1 aromatic carbocycles. The standard InChI is InChI=1S/C15H19N5O5S/c16-15(7-1-2-8-15)14-18-13(25-19-14)6-9-17-26(23,24)12-5-3-4-11(10-12)20(21)22/h3-5,10,17H,1-2,6-9,16H2. The van der Waals surface area contributed by atoms with Crippen LogP contribution < -0.4 is 10.5 Å². The molecule has 0 atom stereocenters. The Morgan fingerprint density at radius 1 is 1.35 bits per heavy atom. The zero-order chi connectivity index (χ0) is 18.8. The Kier molecular flexibility index (Phi) is 5.03. The molecule has 0 amide bonds. The summed E-state index contributed by atoms with van der Waals surface area (Å²) in [5.74, 6) is 0.741. The van der Waals surface area contributed by atoms with Gasteiger partial charge in [0.2, 0.25) is 15.9 Å². The summed E-state index contributed by atoms with van der Waals surface area (Å²) in [6.45, 7) is 0.0181. The maximum atomic E-state index is 12.2. The zero-order valence-corrected chi connectivity index (χ0v) is 14.7. The molecular weight excluding hydrogens is 362 g/mol. The summed E-state index contributed by atoms with van der Waals surface area (Å²) in [5, 5.41) is 14.7. The number of nitro benzene ring substituents is 1. The number of hydrogen-bond acceptors (Lipinski definition) is 8. The molecule has 0 aliphatic heterocycles. The predicted molar refractivity (Wildman–Crippen MR) is 90.6 cm³/mol. The van der Waals surface area contributed by atoms with Crippen LogP contribution in [-0.2, 0) is 22.0 Å². The van der Waals surface area contributed by atoms with Gasteiger partial charge in [0.05, 0.1) is 15.4 Å². The second-order valence-corrected chi connectivity index (χ2v) is 8.04. The Labute approximate surface area is 150 Å². The summed E-state index contributed by atoms with van der Waals surface area (Å²) in [6.07, 6.45) is 3.82. The molecule has 11 heteroatoms. The first-order valence-corrected chi connectivity index (χ1v) is 9.65. The Hall–Kier alpha value is -2.37. The van der Waals surface area contributed by atoms with Gasteiger partial charge in [0, 0.05) is 25.1 Å². The summed E-state index contributed by atoms with van der Waals surface area (Å²) in [4.78, 5) is 14.2. The highest BCUT2D eigenvalue weighted by atomic mass is 32.2. The smallest absolute Gasteiger partial charge is 0.270 e. The van der Waals surface area contributed by atoms with E-state index >= 15 is 0 Å². The SMILES string of the molecule is NC1(c2noc(CCNS(=O)(=O)c3cccc([N+](=O)[O-])c3)n2)CCCC1. The van der Waals surface area contributed by atoms with Crippen molar-refractivity contribution in [1.29, 1.82) is 0 Å². The average molecular weight is 381 g/mol. The molecule has 0 unspecified atom stereocenters. The van der Waals surface area contributed by atoms with E-state index in [0.717, 1.165) is 31.7 Å². The normalized spacial score (nSPS) is 16.7. The number of nitro groups is 1. The van der Waals surface area contributed by atoms with Crippen LogP contribution in [0.1, 0.15) is 37.4 Å². The number of aromatic nitrogens is 2. The van der Waals surface area contributed by atoms with Crippen molar-refractivity contribution >= 4 is 15.7 Å². The summed E-state index contributed by atoms with van der Waals surface area (Å²) >= 11 is 0. The van der Waals surface area contributed by atoms with E-state index in [1.807, 2.05) is 0 Å². The lowest BCUT2D eigenvalue weighted by Gasteiger charge is -2.17. The first-order valence-electron chi connectivity index (χ1n) is 8.16. The van der Waals surface area contributed by atoms with E-state index in [0.29, 0.717) is 11.7 Å². The number of hydrogen-bond donors (Lipinski definition) is 2. The molecular formula is C15H19N5O5S. The number of nitrogens with two attached hydrogens (primary N) is 1. The van der Waals surface area contributed by atoms with E-state index in [1.54, 1.807) is 0 Å². The van der Waals surface area contributed by atoms with Crippen LogP contribution in [0.3, 0.4) is 0 Å². The molecule has 1 aliphatic carbocycles. The van der Waals surface area contributed by atoms with E-state index in [1.165, 1.54) is 18.2 Å². The van der Waals surface area contributed by atoms with E-state index < -0.39 is 20.5 Å². The van der Waals surface area contributed by atoms with Gasteiger partial charge in [-0.25, -0.2) is 13.1 Å². The summed E-state index contributed by atoms with van der Waals surface area (Å²) < 4.78 is 32.0. The predicted octanol–water partition coefficient (Wildman–Crippen LogP) is 1.23. The summed E-state index contributed by atoms with van der Waals surface area (Å²) in [5.41, 5.74) is 5.40. The van der Waals surface area contributed by atoms with Gasteiger partial charge in [-0.15, -0.1) is 0 Å². The van der Waals surface area contributed by atoms with Crippen LogP contribution >= 0.6 is 0 Å². The third-order valence-corrected chi connectivity index (χ3v) is 5.84. The van der Waals surface area contributed by atoms with E-state index in [9.17, 15) is 18.5 Å². The quantitative estimate of drug-likeness (QED) is 0.536. The maximum Gasteiger partial charge on any atom is 0.270 e. The third kappa shape index (κ3) is 3.89. The molecule has 26 heavy (non-hydrogen) atoms. The molecule has 2 aromatic rings. The molecule has 1 saturated carbocycles. The summed E-state index contributed by atoms with van der Waals surface area (Å²) in [6, 6.07) is 4.84. The van der Waals surface area contributed by atoms with Crippen LogP contribution in [0.2, 0.25) is 0 Å². The van der Waals surface area contributed by atoms with Gasteiger partial charge in [-0.05, 0) is 18.9 Å². The molecule has 0 spiro atoms. The Balaban J connectivity index is 1.61. The monoisotopic (exact) mass is 381 g/mol. The van der Waals surface area contributed by atoms with Crippen molar-refractivity contribution in [2.45, 2.75) is 42.5 Å². The summed E-state index contributed by atoms with van der Waals surface area (Å²) in [7, 11) is -3.88. The lowest BCUT2D eigenvalue weighted by atomic mass is 9.99. The lowest BCUT2D eigenvalue weighted by molar-refractivity contribution is -0.385. The topological polar surface area (TPSA) is 154 Å². The fraction of sp³-hybridized carbons (Fsp3) is 0.467. The molecule has 1 aliphatic rings. The second kappa shape index (κ2) is 7.09. The van der Waals surface area contributed by atoms with Crippen LogP contribution in [0.25, 0.3) is 0 Å². The highest BCUT2D eigenvalue weighted by Gasteiger charge is 2.35. The van der Waals surface area contributed by atoms with E-state index in [-0.39, 0.29) is 23.5 Å². The fourth-order valence-corrected chi connectivity index (χ4v) is 4.00. The van der Waals surface area contributed by atoms with Crippen LogP contribution in [0, 0.1) is 10.1 Å². The average Bonchev–Trinajstić information content (AvgIpc) is 3.25. The maximum absolute atomic E-state index is 12.2. The Bertz CT molecular complexity index is 905. The number of sulfonamides is 1. The Morgan fingerprint density at radius 3 is 2.77 bits per heavy atom. The van der Waals surface area contributed by atoms with Crippen molar-refractivity contribution in [2.24, 2.45) is 5.73 Å². The molecule has 0 saturated heterocycles. The van der Waals surface area contributed by atoms with Crippen LogP contribution in [0.15, 0.2) is 33.7 Å². The fourth-order valence-electron chi connectivity index (χ4n) is 2.93. The zero-order valence-electron chi connectivity index (χ0n) is 13.9. The van der Waals surface area contributed by atoms with Crippen molar-refractivity contribution in [1.82, 2.24) is 14.9 Å². The van der Waals surface area contributed by atoms with E-state index in [4.69, 9.17) is 10.3 Å². The number of non-ortho nitro benzene ring substituents is 1. The molecule has 3 rings (SSSR count). The van der Waals surface area contributed by atoms with Gasteiger partial charge in [0.15, 0.2) is 5.82 Å². The number of nitrogens with one attached hydrogen (secondary N) is 1. The van der Waals surface area contributed by atoms with Gasteiger partial charge in [0.1, 0.15) is 0 Å². The van der Waals surface area contributed by atoms with E-state index in [2.05, 4.69) is 14.9 Å². The van der Waals surface area contributed by atoms with Crippen LogP contribution in [-0.4, -0.2) is 30.0 Å². The number of benzene rings is 1. The molecule has 10 nitrogen and oxygen atoms in total. The van der Waals surface area contributed by atoms with Crippen molar-refractivity contribution in [2.75, 3.05) is 6.54 Å². The number of rotatable bonds is 7. The minimum Gasteiger partial charge on any atom is -0.339 e. The minimum atomic E-state index is -3.88. The van der Waals surface area contributed by atoms with Crippen molar-refractivity contribution in [3.63, 3.8) is 0 Å². The molecule has 1 heterocycles. The molecule has 1 fully saturated rings. The van der Waals surface area contributed by atoms with Gasteiger partial charge in [-0.1, -0.05) is 24.1 Å². The van der Waals surface area contributed by atoms with Crippen molar-refractivity contribution in [3.05, 3.63) is 46.1 Å². The molecule has 3 N–H and O–H groups in total. The van der Waals surface area contributed by atoms with Gasteiger partial charge in [-0.3, -0.25) is 10.1 Å². The first-order chi connectivity index (χ1) is 12.3. The van der Waals surface area contributed by atoms with Gasteiger partial charge in [-0.2, -0.15) is 4.98 Å². The highest BCUT2D eigenvalue weighted by Crippen LogP contribution is 2.34. The second-order valence-electron chi connectivity index (χ2n) is 6.28. The van der Waals surface area contributed by atoms with Gasteiger partial charge < -0.3 is 10.3 Å². The van der Waals surface area contributed by atoms with Crippen LogP contribution in [0.5, 0.6) is 0 Å². The molecule has 1 aromatic heterocycles. The van der Waals surface area contributed by atoms with Gasteiger partial charge in [0.25, 0.3) is 5.69 Å². The number of nitrogens with zero attached hydrogens (tertiary/aromatic N) is 3. The Morgan fingerprint density at radius 2 is 2.08 bits per heavy atom. The lowest BCUT2D eigenvalue weighted by Crippen LogP contribution is -2.34. The highest BCUT2D eigenvalue weighted by molar-refractivity contribution is 7.89.